The second kappa shape index (κ2) is 8.45. The van der Waals surface area contributed by atoms with Crippen molar-refractivity contribution in [2.75, 3.05) is 27.3 Å². The van der Waals surface area contributed by atoms with E-state index in [0.29, 0.717) is 11.1 Å². The Morgan fingerprint density at radius 3 is 2.22 bits per heavy atom. The lowest BCUT2D eigenvalue weighted by Crippen LogP contribution is -2.44. The molecular weight excluding hydrogens is 350 g/mol. The number of ether oxygens (including phenoxy) is 3. The van der Waals surface area contributed by atoms with Crippen LogP contribution in [0.25, 0.3) is 0 Å². The van der Waals surface area contributed by atoms with E-state index in [4.69, 9.17) is 14.2 Å². The van der Waals surface area contributed by atoms with Gasteiger partial charge in [-0.3, -0.25) is 14.5 Å². The molecule has 1 amide bonds. The van der Waals surface area contributed by atoms with E-state index in [2.05, 4.69) is 0 Å². The van der Waals surface area contributed by atoms with E-state index in [1.165, 1.54) is 25.2 Å². The Morgan fingerprint density at radius 1 is 1.07 bits per heavy atom. The molecular formula is C20H25NO6. The van der Waals surface area contributed by atoms with Gasteiger partial charge in [-0.2, -0.15) is 0 Å². The van der Waals surface area contributed by atoms with E-state index in [1.54, 1.807) is 45.0 Å². The number of carbonyl (C=O) groups is 3. The van der Waals surface area contributed by atoms with Gasteiger partial charge in [-0.1, -0.05) is 24.3 Å². The number of benzene rings is 1. The zero-order valence-corrected chi connectivity index (χ0v) is 16.3. The van der Waals surface area contributed by atoms with Gasteiger partial charge >= 0.3 is 6.09 Å². The molecule has 0 N–H and O–H groups in total. The van der Waals surface area contributed by atoms with Crippen LogP contribution in [0.3, 0.4) is 0 Å². The average molecular weight is 375 g/mol. The molecule has 7 heteroatoms. The summed E-state index contributed by atoms with van der Waals surface area (Å²) in [7, 11) is 2.90. The van der Waals surface area contributed by atoms with Crippen LogP contribution >= 0.6 is 0 Å². The van der Waals surface area contributed by atoms with Crippen molar-refractivity contribution in [3.05, 3.63) is 47.0 Å². The Morgan fingerprint density at radius 2 is 1.67 bits per heavy atom. The van der Waals surface area contributed by atoms with Crippen LogP contribution < -0.4 is 0 Å². The van der Waals surface area contributed by atoms with Crippen molar-refractivity contribution >= 4 is 17.7 Å². The first-order chi connectivity index (χ1) is 12.7. The van der Waals surface area contributed by atoms with Crippen LogP contribution in [0, 0.1) is 0 Å². The van der Waals surface area contributed by atoms with E-state index in [1.807, 2.05) is 0 Å². The second-order valence-electron chi connectivity index (χ2n) is 7.17. The molecule has 1 aromatic rings. The lowest BCUT2D eigenvalue weighted by atomic mass is 9.89. The van der Waals surface area contributed by atoms with Gasteiger partial charge < -0.3 is 14.2 Å². The molecule has 0 saturated heterocycles. The number of fused-ring (bicyclic) bond motifs is 1. The fraction of sp³-hybridized carbons (Fsp3) is 0.450. The second-order valence-corrected chi connectivity index (χ2v) is 7.17. The molecule has 1 aromatic carbocycles. The third-order valence-corrected chi connectivity index (χ3v) is 3.94. The first-order valence-electron chi connectivity index (χ1n) is 8.58. The fourth-order valence-corrected chi connectivity index (χ4v) is 2.65. The molecule has 1 aliphatic rings. The lowest BCUT2D eigenvalue weighted by molar-refractivity contribution is -0.114. The van der Waals surface area contributed by atoms with Crippen LogP contribution in [-0.4, -0.2) is 61.8 Å². The van der Waals surface area contributed by atoms with Crippen molar-refractivity contribution in [1.82, 2.24) is 4.90 Å². The topological polar surface area (TPSA) is 82.1 Å². The number of Topliss-reactive ketones (excluding diaryl/α,β-unsaturated/α-hetero) is 1. The molecule has 146 valence electrons. The Bertz CT molecular complexity index is 758. The Balaban J connectivity index is 2.27. The van der Waals surface area contributed by atoms with E-state index in [-0.39, 0.29) is 30.2 Å². The van der Waals surface area contributed by atoms with Crippen molar-refractivity contribution in [3.8, 4) is 0 Å². The summed E-state index contributed by atoms with van der Waals surface area (Å²) in [5.74, 6) is -0.551. The van der Waals surface area contributed by atoms with Crippen LogP contribution in [0.2, 0.25) is 0 Å². The summed E-state index contributed by atoms with van der Waals surface area (Å²) in [6.07, 6.45) is -0.0437. The predicted octanol–water partition coefficient (Wildman–Crippen LogP) is 2.85. The number of hydrogen-bond acceptors (Lipinski definition) is 6. The van der Waals surface area contributed by atoms with Crippen LogP contribution in [0.4, 0.5) is 4.79 Å². The predicted molar refractivity (Wildman–Crippen MR) is 98.8 cm³/mol. The largest absolute Gasteiger partial charge is 0.444 e. The van der Waals surface area contributed by atoms with Gasteiger partial charge in [0.2, 0.25) is 0 Å². The minimum Gasteiger partial charge on any atom is -0.444 e. The van der Waals surface area contributed by atoms with E-state index < -0.39 is 18.0 Å². The minimum absolute atomic E-state index is 0.0440. The number of rotatable bonds is 6. The van der Waals surface area contributed by atoms with Crippen molar-refractivity contribution in [2.45, 2.75) is 32.7 Å². The quantitative estimate of drug-likeness (QED) is 0.711. The molecule has 1 aliphatic carbocycles. The van der Waals surface area contributed by atoms with Crippen LogP contribution in [-0.2, 0) is 14.2 Å². The molecule has 7 nitrogen and oxygen atoms in total. The Kier molecular flexibility index (Phi) is 6.51. The smallest absolute Gasteiger partial charge is 0.410 e. The third-order valence-electron chi connectivity index (χ3n) is 3.94. The zero-order chi connectivity index (χ0) is 20.2. The number of hydrogen-bond donors (Lipinski definition) is 0. The Labute approximate surface area is 158 Å². The van der Waals surface area contributed by atoms with E-state index in [9.17, 15) is 14.4 Å². The standard InChI is InChI=1S/C20H25NO6/c1-20(2,3)27-19(24)21(12-17(25-4)26-5)11-13-10-16(22)14-8-6-7-9-15(14)18(13)23/h6-10,17H,11-12H2,1-5H3. The number of allylic oxidation sites excluding steroid dienone is 1. The van der Waals surface area contributed by atoms with Crippen LogP contribution in [0.15, 0.2) is 35.9 Å². The summed E-state index contributed by atoms with van der Waals surface area (Å²) in [4.78, 5) is 39.0. The number of methoxy groups -OCH3 is 2. The zero-order valence-electron chi connectivity index (χ0n) is 16.3. The SMILES string of the molecule is COC(CN(CC1=CC(=O)c2ccccc2C1=O)C(=O)OC(C)(C)C)OC. The van der Waals surface area contributed by atoms with Crippen molar-refractivity contribution < 1.29 is 28.6 Å². The number of carbonyl (C=O) groups excluding carboxylic acids is 3. The molecule has 0 aliphatic heterocycles. The van der Waals surface area contributed by atoms with Gasteiger partial charge in [0.05, 0.1) is 13.1 Å². The van der Waals surface area contributed by atoms with Gasteiger partial charge in [-0.15, -0.1) is 0 Å². The van der Waals surface area contributed by atoms with Gasteiger partial charge in [0, 0.05) is 30.9 Å². The lowest BCUT2D eigenvalue weighted by Gasteiger charge is -2.30. The normalized spacial score (nSPS) is 14.1. The van der Waals surface area contributed by atoms with Gasteiger partial charge in [0.1, 0.15) is 5.60 Å². The summed E-state index contributed by atoms with van der Waals surface area (Å²) in [6, 6.07) is 6.62. The first kappa shape index (κ1) is 20.8. The number of nitrogens with zero attached hydrogens (tertiary/aromatic N) is 1. The highest BCUT2D eigenvalue weighted by atomic mass is 16.7. The van der Waals surface area contributed by atoms with E-state index in [0.717, 1.165) is 0 Å². The van der Waals surface area contributed by atoms with Crippen LogP contribution in [0.5, 0.6) is 0 Å². The Hall–Kier alpha value is -2.51. The highest BCUT2D eigenvalue weighted by Crippen LogP contribution is 2.22. The molecule has 0 fully saturated rings. The first-order valence-corrected chi connectivity index (χ1v) is 8.58. The minimum atomic E-state index is -0.710. The molecule has 0 atom stereocenters. The highest BCUT2D eigenvalue weighted by Gasteiger charge is 2.30. The molecule has 2 rings (SSSR count). The maximum absolute atomic E-state index is 12.8. The summed E-state index contributed by atoms with van der Waals surface area (Å²) < 4.78 is 15.7. The maximum atomic E-state index is 12.8. The highest BCUT2D eigenvalue weighted by molar-refractivity contribution is 6.24. The molecule has 0 radical (unpaired) electrons. The van der Waals surface area contributed by atoms with Crippen molar-refractivity contribution in [1.29, 1.82) is 0 Å². The average Bonchev–Trinajstić information content (AvgIpc) is 2.61. The van der Waals surface area contributed by atoms with Gasteiger partial charge in [0.15, 0.2) is 17.9 Å². The van der Waals surface area contributed by atoms with Gasteiger partial charge in [-0.05, 0) is 26.8 Å². The molecule has 27 heavy (non-hydrogen) atoms. The molecule has 0 unspecified atom stereocenters. The monoisotopic (exact) mass is 375 g/mol. The summed E-state index contributed by atoms with van der Waals surface area (Å²) in [6.45, 7) is 5.20. The molecule has 0 spiro atoms. The fourth-order valence-electron chi connectivity index (χ4n) is 2.65. The molecule has 0 aromatic heterocycles. The number of ketones is 2. The molecule has 0 heterocycles. The van der Waals surface area contributed by atoms with Crippen molar-refractivity contribution in [2.24, 2.45) is 0 Å². The van der Waals surface area contributed by atoms with E-state index >= 15 is 0 Å². The summed E-state index contributed by atoms with van der Waals surface area (Å²) >= 11 is 0. The molecule has 0 bridgehead atoms. The van der Waals surface area contributed by atoms with Gasteiger partial charge in [0.25, 0.3) is 0 Å². The molecule has 0 saturated carbocycles. The summed E-state index contributed by atoms with van der Waals surface area (Å²) in [5, 5.41) is 0. The number of amides is 1. The van der Waals surface area contributed by atoms with Gasteiger partial charge in [-0.25, -0.2) is 4.79 Å². The van der Waals surface area contributed by atoms with Crippen LogP contribution in [0.1, 0.15) is 41.5 Å². The third kappa shape index (κ3) is 5.24. The maximum Gasteiger partial charge on any atom is 0.410 e. The summed E-state index contributed by atoms with van der Waals surface area (Å²) in [5.41, 5.74) is 0.203. The van der Waals surface area contributed by atoms with Crippen molar-refractivity contribution in [3.63, 3.8) is 0 Å².